The number of allylic oxidation sites excluding steroid dienone is 4. The maximum Gasteiger partial charge on any atom is 0.0568 e. The van der Waals surface area contributed by atoms with Crippen molar-refractivity contribution in [2.75, 3.05) is 13.2 Å². The van der Waals surface area contributed by atoms with Crippen LogP contribution in [-0.4, -0.2) is 24.4 Å². The van der Waals surface area contributed by atoms with Gasteiger partial charge in [0.25, 0.3) is 0 Å². The SMILES string of the molecule is CCC(O)C1CCC(CC2CCC3C=CCCC3=C2C)CC1C1CC1C1CCOC1. The minimum atomic E-state index is -0.0784. The van der Waals surface area contributed by atoms with Gasteiger partial charge in [0.1, 0.15) is 0 Å². The van der Waals surface area contributed by atoms with Gasteiger partial charge in [0.2, 0.25) is 0 Å². The van der Waals surface area contributed by atoms with E-state index in [1.165, 1.54) is 64.2 Å². The molecule has 0 radical (unpaired) electrons. The highest BCUT2D eigenvalue weighted by atomic mass is 16.5. The normalized spacial score (nSPS) is 44.8. The Morgan fingerprint density at radius 3 is 2.77 bits per heavy atom. The molecule has 1 aliphatic heterocycles. The van der Waals surface area contributed by atoms with Crippen molar-refractivity contribution in [3.8, 4) is 0 Å². The van der Waals surface area contributed by atoms with Crippen molar-refractivity contribution in [3.63, 3.8) is 0 Å². The van der Waals surface area contributed by atoms with Crippen LogP contribution in [0.5, 0.6) is 0 Å². The van der Waals surface area contributed by atoms with E-state index in [1.54, 1.807) is 11.1 Å². The first-order valence-electron chi connectivity index (χ1n) is 13.3. The van der Waals surface area contributed by atoms with Crippen LogP contribution in [0.15, 0.2) is 23.3 Å². The molecule has 5 aliphatic rings. The summed E-state index contributed by atoms with van der Waals surface area (Å²) in [4.78, 5) is 0. The van der Waals surface area contributed by atoms with Gasteiger partial charge in [0, 0.05) is 13.2 Å². The van der Waals surface area contributed by atoms with Crippen LogP contribution in [0.2, 0.25) is 0 Å². The Morgan fingerprint density at radius 1 is 1.07 bits per heavy atom. The van der Waals surface area contributed by atoms with Gasteiger partial charge in [0.05, 0.1) is 6.10 Å². The Balaban J connectivity index is 1.25. The lowest BCUT2D eigenvalue weighted by molar-refractivity contribution is 0.0153. The van der Waals surface area contributed by atoms with Gasteiger partial charge in [-0.1, -0.05) is 36.6 Å². The number of hydrogen-bond acceptors (Lipinski definition) is 2. The van der Waals surface area contributed by atoms with Crippen molar-refractivity contribution < 1.29 is 9.84 Å². The second-order valence-electron chi connectivity index (χ2n) is 11.5. The van der Waals surface area contributed by atoms with Crippen molar-refractivity contribution in [1.82, 2.24) is 0 Å². The fourth-order valence-corrected chi connectivity index (χ4v) is 8.08. The maximum atomic E-state index is 10.8. The average molecular weight is 413 g/mol. The van der Waals surface area contributed by atoms with Gasteiger partial charge in [0.15, 0.2) is 0 Å². The molecular weight excluding hydrogens is 368 g/mol. The van der Waals surface area contributed by atoms with Crippen LogP contribution in [0.4, 0.5) is 0 Å². The summed E-state index contributed by atoms with van der Waals surface area (Å²) in [6.45, 7) is 6.62. The lowest BCUT2D eigenvalue weighted by Crippen LogP contribution is -2.36. The summed E-state index contributed by atoms with van der Waals surface area (Å²) >= 11 is 0. The first-order chi connectivity index (χ1) is 14.7. The molecule has 5 rings (SSSR count). The molecule has 1 saturated heterocycles. The molecule has 0 bridgehead atoms. The molecule has 30 heavy (non-hydrogen) atoms. The molecule has 9 atom stereocenters. The fourth-order valence-electron chi connectivity index (χ4n) is 8.08. The summed E-state index contributed by atoms with van der Waals surface area (Å²) in [7, 11) is 0. The summed E-state index contributed by atoms with van der Waals surface area (Å²) < 4.78 is 5.71. The number of aliphatic hydroxyl groups is 1. The van der Waals surface area contributed by atoms with E-state index in [4.69, 9.17) is 4.74 Å². The van der Waals surface area contributed by atoms with Crippen molar-refractivity contribution in [2.24, 2.45) is 47.3 Å². The Kier molecular flexibility index (Phi) is 6.45. The van der Waals surface area contributed by atoms with Crippen LogP contribution in [0, 0.1) is 47.3 Å². The summed E-state index contributed by atoms with van der Waals surface area (Å²) in [5.41, 5.74) is 3.55. The Labute approximate surface area is 184 Å². The molecule has 1 heterocycles. The van der Waals surface area contributed by atoms with Gasteiger partial charge in [-0.2, -0.15) is 0 Å². The van der Waals surface area contributed by atoms with Crippen molar-refractivity contribution in [2.45, 2.75) is 90.6 Å². The van der Waals surface area contributed by atoms with Crippen LogP contribution < -0.4 is 0 Å². The predicted octanol–water partition coefficient (Wildman–Crippen LogP) is 6.55. The first-order valence-corrected chi connectivity index (χ1v) is 13.3. The quantitative estimate of drug-likeness (QED) is 0.502. The minimum Gasteiger partial charge on any atom is -0.393 e. The molecule has 2 heteroatoms. The van der Waals surface area contributed by atoms with Crippen LogP contribution in [0.3, 0.4) is 0 Å². The third-order valence-electron chi connectivity index (χ3n) is 9.95. The number of aliphatic hydroxyl groups excluding tert-OH is 1. The lowest BCUT2D eigenvalue weighted by Gasteiger charge is -2.42. The van der Waals surface area contributed by atoms with E-state index in [-0.39, 0.29) is 6.10 Å². The average Bonchev–Trinajstić information content (AvgIpc) is 3.39. The van der Waals surface area contributed by atoms with Crippen molar-refractivity contribution in [1.29, 1.82) is 0 Å². The zero-order chi connectivity index (χ0) is 20.7. The molecule has 0 aromatic rings. The highest BCUT2D eigenvalue weighted by Crippen LogP contribution is 2.58. The maximum absolute atomic E-state index is 10.8. The van der Waals surface area contributed by atoms with Crippen LogP contribution in [0.25, 0.3) is 0 Å². The molecule has 9 unspecified atom stereocenters. The molecule has 168 valence electrons. The van der Waals surface area contributed by atoms with Gasteiger partial charge in [-0.25, -0.2) is 0 Å². The van der Waals surface area contributed by atoms with Gasteiger partial charge >= 0.3 is 0 Å². The van der Waals surface area contributed by atoms with E-state index in [0.29, 0.717) is 5.92 Å². The van der Waals surface area contributed by atoms with E-state index in [2.05, 4.69) is 26.0 Å². The monoisotopic (exact) mass is 412 g/mol. The van der Waals surface area contributed by atoms with Gasteiger partial charge < -0.3 is 9.84 Å². The van der Waals surface area contributed by atoms with Gasteiger partial charge in [-0.3, -0.25) is 0 Å². The molecule has 2 saturated carbocycles. The van der Waals surface area contributed by atoms with Crippen LogP contribution in [0.1, 0.15) is 84.5 Å². The summed E-state index contributed by atoms with van der Waals surface area (Å²) in [5, 5.41) is 10.8. The smallest absolute Gasteiger partial charge is 0.0568 e. The van der Waals surface area contributed by atoms with E-state index < -0.39 is 0 Å². The number of hydrogen-bond donors (Lipinski definition) is 1. The molecule has 0 aromatic carbocycles. The standard InChI is InChI=1S/C28H44O2/c1-3-28(29)24-11-8-19(15-26(24)27-16-25(27)22-12-13-30-17-22)14-21-10-9-20-6-4-5-7-23(20)18(21)2/h4,6,19-22,24-29H,3,5,7-17H2,1-2H3. The van der Waals surface area contributed by atoms with Crippen molar-refractivity contribution in [3.05, 3.63) is 23.3 Å². The first kappa shape index (κ1) is 21.3. The Bertz CT molecular complexity index is 658. The molecule has 0 spiro atoms. The van der Waals surface area contributed by atoms with Crippen LogP contribution in [-0.2, 0) is 4.74 Å². The lowest BCUT2D eigenvalue weighted by atomic mass is 9.64. The highest BCUT2D eigenvalue weighted by molar-refractivity contribution is 5.27. The third-order valence-corrected chi connectivity index (χ3v) is 9.95. The van der Waals surface area contributed by atoms with E-state index in [0.717, 1.165) is 61.1 Å². The summed E-state index contributed by atoms with van der Waals surface area (Å²) in [6.07, 6.45) is 19.2. The molecule has 1 N–H and O–H groups in total. The van der Waals surface area contributed by atoms with E-state index >= 15 is 0 Å². The van der Waals surface area contributed by atoms with Gasteiger partial charge in [-0.15, -0.1) is 0 Å². The molecular formula is C28H44O2. The minimum absolute atomic E-state index is 0.0784. The molecule has 4 aliphatic carbocycles. The van der Waals surface area contributed by atoms with E-state index in [9.17, 15) is 5.11 Å². The molecule has 3 fully saturated rings. The number of rotatable bonds is 6. The molecule has 0 aromatic heterocycles. The zero-order valence-corrected chi connectivity index (χ0v) is 19.4. The largest absolute Gasteiger partial charge is 0.393 e. The fraction of sp³-hybridized carbons (Fsp3) is 0.857. The summed E-state index contributed by atoms with van der Waals surface area (Å²) in [6, 6.07) is 0. The second kappa shape index (κ2) is 9.10. The zero-order valence-electron chi connectivity index (χ0n) is 19.4. The van der Waals surface area contributed by atoms with Gasteiger partial charge in [-0.05, 0) is 118 Å². The third kappa shape index (κ3) is 4.20. The van der Waals surface area contributed by atoms with E-state index in [1.807, 2.05) is 0 Å². The molecule has 2 nitrogen and oxygen atoms in total. The summed E-state index contributed by atoms with van der Waals surface area (Å²) in [5.74, 6) is 6.40. The topological polar surface area (TPSA) is 29.5 Å². The Morgan fingerprint density at radius 2 is 1.97 bits per heavy atom. The second-order valence-corrected chi connectivity index (χ2v) is 11.5. The highest BCUT2D eigenvalue weighted by Gasteiger charge is 2.52. The number of ether oxygens (including phenoxy) is 1. The molecule has 0 amide bonds. The number of fused-ring (bicyclic) bond motifs is 1. The van der Waals surface area contributed by atoms with Crippen LogP contribution >= 0.6 is 0 Å². The predicted molar refractivity (Wildman–Crippen MR) is 123 cm³/mol. The van der Waals surface area contributed by atoms with Crippen molar-refractivity contribution >= 4 is 0 Å². The Hall–Kier alpha value is -0.600.